The minimum atomic E-state index is -4.94. The lowest BCUT2D eigenvalue weighted by atomic mass is 9.71. The molecule has 0 radical (unpaired) electrons. The molecule has 0 saturated carbocycles. The molecule has 2 nitrogen and oxygen atoms in total. The molecule has 8 heteroatoms. The first-order chi connectivity index (χ1) is 14.0. The van der Waals surface area contributed by atoms with Crippen LogP contribution in [0.5, 0.6) is 0 Å². The highest BCUT2D eigenvalue weighted by atomic mass is 19.4. The van der Waals surface area contributed by atoms with E-state index in [1.807, 2.05) is 30.3 Å². The second-order valence-corrected chi connectivity index (χ2v) is 7.36. The summed E-state index contributed by atoms with van der Waals surface area (Å²) in [5.41, 5.74) is -2.91. The van der Waals surface area contributed by atoms with Gasteiger partial charge >= 0.3 is 12.4 Å². The Labute approximate surface area is 170 Å². The van der Waals surface area contributed by atoms with Crippen molar-refractivity contribution in [2.24, 2.45) is 0 Å². The van der Waals surface area contributed by atoms with E-state index < -0.39 is 28.9 Å². The summed E-state index contributed by atoms with van der Waals surface area (Å²) >= 11 is 0. The molecule has 1 saturated heterocycles. The maximum atomic E-state index is 13.4. The molecule has 0 aliphatic carbocycles. The Bertz CT molecular complexity index is 896. The van der Waals surface area contributed by atoms with Crippen molar-refractivity contribution in [3.63, 3.8) is 0 Å². The van der Waals surface area contributed by atoms with Crippen molar-refractivity contribution in [3.8, 4) is 0 Å². The molecule has 1 aliphatic rings. The van der Waals surface area contributed by atoms with E-state index in [4.69, 9.17) is 0 Å². The normalized spacial score (nSPS) is 17.7. The van der Waals surface area contributed by atoms with Crippen molar-refractivity contribution in [3.05, 3.63) is 82.6 Å². The van der Waals surface area contributed by atoms with Crippen LogP contribution < -0.4 is 5.32 Å². The zero-order valence-electron chi connectivity index (χ0n) is 15.9. The van der Waals surface area contributed by atoms with E-state index >= 15 is 0 Å². The molecule has 1 fully saturated rings. The molecule has 0 atom stereocenters. The van der Waals surface area contributed by atoms with Crippen LogP contribution in [0.1, 0.15) is 35.1 Å². The Morgan fingerprint density at radius 1 is 0.933 bits per heavy atom. The fraction of sp³-hybridized carbons (Fsp3) is 0.364. The average Bonchev–Trinajstić information content (AvgIpc) is 2.71. The predicted molar refractivity (Wildman–Crippen MR) is 101 cm³/mol. The van der Waals surface area contributed by atoms with Crippen LogP contribution >= 0.6 is 0 Å². The molecule has 0 spiro atoms. The summed E-state index contributed by atoms with van der Waals surface area (Å²) < 4.78 is 78.7. The Morgan fingerprint density at radius 3 is 2.13 bits per heavy atom. The topological polar surface area (TPSA) is 32.3 Å². The molecule has 0 bridgehead atoms. The molecule has 162 valence electrons. The predicted octanol–water partition coefficient (Wildman–Crippen LogP) is 6.03. The van der Waals surface area contributed by atoms with E-state index in [0.717, 1.165) is 11.6 Å². The van der Waals surface area contributed by atoms with Gasteiger partial charge < -0.3 is 10.4 Å². The third-order valence-electron chi connectivity index (χ3n) is 5.53. The van der Waals surface area contributed by atoms with Crippen LogP contribution in [0.15, 0.2) is 60.4 Å². The van der Waals surface area contributed by atoms with Crippen LogP contribution in [0.4, 0.5) is 26.3 Å². The van der Waals surface area contributed by atoms with Gasteiger partial charge in [0, 0.05) is 0 Å². The van der Waals surface area contributed by atoms with Crippen LogP contribution in [0, 0.1) is 0 Å². The van der Waals surface area contributed by atoms with Crippen molar-refractivity contribution in [2.45, 2.75) is 37.0 Å². The van der Waals surface area contributed by atoms with E-state index in [1.54, 1.807) is 0 Å². The summed E-state index contributed by atoms with van der Waals surface area (Å²) in [6.45, 7) is 1.25. The molecule has 0 amide bonds. The zero-order valence-corrected chi connectivity index (χ0v) is 15.9. The van der Waals surface area contributed by atoms with Crippen LogP contribution in [0.25, 0.3) is 0 Å². The standard InChI is InChI=1S/C22H21F6NO/c23-21(24,25)17-8-6-15(18(14-17)22(26,27)28)7-9-19(30)20(10-12-29-13-11-20)16-4-2-1-3-5-16/h1-6,8-9,14,29-30H,7,10-13H2/b19-9-. The van der Waals surface area contributed by atoms with E-state index in [-0.39, 0.29) is 23.8 Å². The second-order valence-electron chi connectivity index (χ2n) is 7.36. The van der Waals surface area contributed by atoms with Crippen molar-refractivity contribution in [1.82, 2.24) is 5.32 Å². The number of hydrogen-bond acceptors (Lipinski definition) is 2. The van der Waals surface area contributed by atoms with Crippen molar-refractivity contribution in [2.75, 3.05) is 13.1 Å². The fourth-order valence-corrected chi connectivity index (χ4v) is 3.90. The number of aliphatic hydroxyl groups excluding tert-OH is 1. The first-order valence-electron chi connectivity index (χ1n) is 9.47. The second kappa shape index (κ2) is 8.34. The van der Waals surface area contributed by atoms with Gasteiger partial charge in [0.25, 0.3) is 0 Å². The molecule has 1 aliphatic heterocycles. The number of allylic oxidation sites excluding steroid dienone is 2. The first kappa shape index (κ1) is 22.2. The van der Waals surface area contributed by atoms with E-state index in [1.165, 1.54) is 6.08 Å². The third kappa shape index (κ3) is 4.64. The molecule has 0 unspecified atom stereocenters. The van der Waals surface area contributed by atoms with Crippen molar-refractivity contribution >= 4 is 0 Å². The van der Waals surface area contributed by atoms with Gasteiger partial charge in [-0.05, 0) is 61.7 Å². The van der Waals surface area contributed by atoms with Crippen LogP contribution in [-0.4, -0.2) is 18.2 Å². The maximum Gasteiger partial charge on any atom is 0.416 e. The highest BCUT2D eigenvalue weighted by molar-refractivity contribution is 5.39. The molecule has 0 aromatic heterocycles. The Morgan fingerprint density at radius 2 is 1.57 bits per heavy atom. The lowest BCUT2D eigenvalue weighted by Gasteiger charge is -2.37. The number of nitrogens with one attached hydrogen (secondary N) is 1. The Balaban J connectivity index is 1.97. The number of benzene rings is 2. The summed E-state index contributed by atoms with van der Waals surface area (Å²) in [7, 11) is 0. The number of rotatable bonds is 4. The van der Waals surface area contributed by atoms with Crippen molar-refractivity contribution < 1.29 is 31.4 Å². The van der Waals surface area contributed by atoms with Crippen LogP contribution in [0.2, 0.25) is 0 Å². The maximum absolute atomic E-state index is 13.4. The molecule has 2 aromatic carbocycles. The highest BCUT2D eigenvalue weighted by Gasteiger charge is 2.39. The zero-order chi connectivity index (χ0) is 22.0. The monoisotopic (exact) mass is 429 g/mol. The van der Waals surface area contributed by atoms with Crippen LogP contribution in [0.3, 0.4) is 0 Å². The fourth-order valence-electron chi connectivity index (χ4n) is 3.90. The summed E-state index contributed by atoms with van der Waals surface area (Å²) in [6.07, 6.45) is -7.75. The van der Waals surface area contributed by atoms with E-state index in [0.29, 0.717) is 32.0 Å². The van der Waals surface area contributed by atoms with Gasteiger partial charge in [-0.25, -0.2) is 0 Å². The highest BCUT2D eigenvalue weighted by Crippen LogP contribution is 2.41. The number of halogens is 6. The van der Waals surface area contributed by atoms with Gasteiger partial charge in [0.1, 0.15) is 0 Å². The van der Waals surface area contributed by atoms with Gasteiger partial charge in [0.05, 0.1) is 22.3 Å². The first-order valence-corrected chi connectivity index (χ1v) is 9.47. The van der Waals surface area contributed by atoms with E-state index in [2.05, 4.69) is 5.32 Å². The van der Waals surface area contributed by atoms with Crippen LogP contribution in [-0.2, 0) is 24.2 Å². The minimum Gasteiger partial charge on any atom is -0.512 e. The smallest absolute Gasteiger partial charge is 0.416 e. The molecule has 2 aromatic rings. The Kier molecular flexibility index (Phi) is 6.17. The number of alkyl halides is 6. The minimum absolute atomic E-state index is 0.0665. The average molecular weight is 429 g/mol. The molecule has 1 heterocycles. The lowest BCUT2D eigenvalue weighted by molar-refractivity contribution is -0.143. The molecule has 30 heavy (non-hydrogen) atoms. The summed E-state index contributed by atoms with van der Waals surface area (Å²) in [4.78, 5) is 0. The molecule has 3 rings (SSSR count). The number of piperidine rings is 1. The molecular weight excluding hydrogens is 408 g/mol. The SMILES string of the molecule is O/C(=C\Cc1ccc(C(F)(F)F)cc1C(F)(F)F)C1(c2ccccc2)CCNCC1. The van der Waals surface area contributed by atoms with Gasteiger partial charge in [-0.3, -0.25) is 0 Å². The largest absolute Gasteiger partial charge is 0.512 e. The lowest BCUT2D eigenvalue weighted by Crippen LogP contribution is -2.41. The number of hydrogen-bond donors (Lipinski definition) is 2. The van der Waals surface area contributed by atoms with Gasteiger partial charge in [-0.1, -0.05) is 36.4 Å². The van der Waals surface area contributed by atoms with Gasteiger partial charge in [0.15, 0.2) is 0 Å². The summed E-state index contributed by atoms with van der Waals surface area (Å²) in [5, 5.41) is 14.1. The van der Waals surface area contributed by atoms with E-state index in [9.17, 15) is 31.4 Å². The molecular formula is C22H21F6NO. The number of aliphatic hydroxyl groups is 1. The van der Waals surface area contributed by atoms with Gasteiger partial charge in [-0.15, -0.1) is 0 Å². The van der Waals surface area contributed by atoms with Crippen molar-refractivity contribution in [1.29, 1.82) is 0 Å². The third-order valence-corrected chi connectivity index (χ3v) is 5.53. The quantitative estimate of drug-likeness (QED) is 0.460. The Hall–Kier alpha value is -2.48. The summed E-state index contributed by atoms with van der Waals surface area (Å²) in [6, 6.07) is 10.8. The molecule has 2 N–H and O–H groups in total. The summed E-state index contributed by atoms with van der Waals surface area (Å²) in [5.74, 6) is -0.0665. The van der Waals surface area contributed by atoms with Gasteiger partial charge in [-0.2, -0.15) is 26.3 Å². The van der Waals surface area contributed by atoms with Gasteiger partial charge in [0.2, 0.25) is 0 Å².